The number of amides is 1. The van der Waals surface area contributed by atoms with E-state index < -0.39 is 10.0 Å². The fourth-order valence-electron chi connectivity index (χ4n) is 2.80. The molecule has 1 aliphatic rings. The summed E-state index contributed by atoms with van der Waals surface area (Å²) < 4.78 is 27.0. The Hall–Kier alpha value is -1.66. The smallest absolute Gasteiger partial charge is 0.243 e. The SMILES string of the molecule is C/C=C/C(=O)NCCc1ccc(S(=O)(=O)N2CCCCCC2)cc1. The van der Waals surface area contributed by atoms with E-state index in [0.29, 0.717) is 31.0 Å². The molecule has 1 fully saturated rings. The number of nitrogens with one attached hydrogen (secondary N) is 1. The van der Waals surface area contributed by atoms with E-state index in [-0.39, 0.29) is 5.91 Å². The van der Waals surface area contributed by atoms with Crippen LogP contribution in [0.15, 0.2) is 41.3 Å². The molecule has 0 bridgehead atoms. The Bertz CT molecular complexity index is 658. The standard InChI is InChI=1S/C18H26N2O3S/c1-2-7-18(21)19-13-12-16-8-10-17(11-9-16)24(22,23)20-14-5-3-4-6-15-20/h2,7-11H,3-6,12-15H2,1H3,(H,19,21)/b7-2+. The summed E-state index contributed by atoms with van der Waals surface area (Å²) >= 11 is 0. The first-order valence-corrected chi connectivity index (χ1v) is 9.97. The molecule has 5 nitrogen and oxygen atoms in total. The molecule has 1 heterocycles. The van der Waals surface area contributed by atoms with Gasteiger partial charge in [-0.25, -0.2) is 8.42 Å². The van der Waals surface area contributed by atoms with Crippen LogP contribution in [0, 0.1) is 0 Å². The number of hydrogen-bond donors (Lipinski definition) is 1. The molecule has 0 unspecified atom stereocenters. The highest BCUT2D eigenvalue weighted by atomic mass is 32.2. The van der Waals surface area contributed by atoms with Crippen LogP contribution in [-0.4, -0.2) is 38.3 Å². The minimum absolute atomic E-state index is 0.113. The van der Waals surface area contributed by atoms with Crippen molar-refractivity contribution >= 4 is 15.9 Å². The minimum atomic E-state index is -3.39. The van der Waals surface area contributed by atoms with Crippen LogP contribution in [0.3, 0.4) is 0 Å². The maximum atomic E-state index is 12.7. The first-order valence-electron chi connectivity index (χ1n) is 8.53. The fourth-order valence-corrected chi connectivity index (χ4v) is 4.32. The van der Waals surface area contributed by atoms with Gasteiger partial charge in [0.05, 0.1) is 4.90 Å². The Labute approximate surface area is 144 Å². The van der Waals surface area contributed by atoms with Crippen LogP contribution >= 0.6 is 0 Å². The van der Waals surface area contributed by atoms with Crippen LogP contribution < -0.4 is 5.32 Å². The van der Waals surface area contributed by atoms with Crippen molar-refractivity contribution in [2.24, 2.45) is 0 Å². The number of sulfonamides is 1. The van der Waals surface area contributed by atoms with Crippen molar-refractivity contribution in [3.05, 3.63) is 42.0 Å². The molecule has 1 amide bonds. The molecule has 1 aromatic carbocycles. The average Bonchev–Trinajstić information content (AvgIpc) is 2.85. The normalized spacial score (nSPS) is 16.9. The number of nitrogens with zero attached hydrogens (tertiary/aromatic N) is 1. The molecule has 0 aromatic heterocycles. The van der Waals surface area contributed by atoms with E-state index in [1.807, 2.05) is 12.1 Å². The monoisotopic (exact) mass is 350 g/mol. The van der Waals surface area contributed by atoms with Crippen LogP contribution in [0.2, 0.25) is 0 Å². The van der Waals surface area contributed by atoms with Crippen LogP contribution in [0.4, 0.5) is 0 Å². The average molecular weight is 350 g/mol. The van der Waals surface area contributed by atoms with Crippen LogP contribution in [0.1, 0.15) is 38.2 Å². The summed E-state index contributed by atoms with van der Waals surface area (Å²) in [4.78, 5) is 11.7. The van der Waals surface area contributed by atoms with E-state index in [1.54, 1.807) is 29.4 Å². The number of benzene rings is 1. The van der Waals surface area contributed by atoms with Gasteiger partial charge in [0.15, 0.2) is 0 Å². The molecule has 6 heteroatoms. The molecule has 1 N–H and O–H groups in total. The van der Waals surface area contributed by atoms with Crippen molar-refractivity contribution in [3.8, 4) is 0 Å². The molecule has 0 atom stereocenters. The lowest BCUT2D eigenvalue weighted by molar-refractivity contribution is -0.116. The Morgan fingerprint density at radius 1 is 1.12 bits per heavy atom. The summed E-state index contributed by atoms with van der Waals surface area (Å²) in [7, 11) is -3.39. The molecule has 2 rings (SSSR count). The van der Waals surface area contributed by atoms with E-state index in [9.17, 15) is 13.2 Å². The Morgan fingerprint density at radius 3 is 2.33 bits per heavy atom. The number of carbonyl (C=O) groups is 1. The quantitative estimate of drug-likeness (QED) is 0.802. The van der Waals surface area contributed by atoms with E-state index in [0.717, 1.165) is 31.2 Å². The summed E-state index contributed by atoms with van der Waals surface area (Å²) in [6.07, 6.45) is 7.92. The molecule has 1 aromatic rings. The summed E-state index contributed by atoms with van der Waals surface area (Å²) in [5, 5.41) is 2.78. The van der Waals surface area contributed by atoms with Gasteiger partial charge < -0.3 is 5.32 Å². The third-order valence-electron chi connectivity index (χ3n) is 4.16. The van der Waals surface area contributed by atoms with Gasteiger partial charge >= 0.3 is 0 Å². The number of carbonyl (C=O) groups excluding carboxylic acids is 1. The maximum Gasteiger partial charge on any atom is 0.243 e. The molecule has 24 heavy (non-hydrogen) atoms. The second-order valence-electron chi connectivity index (χ2n) is 6.00. The van der Waals surface area contributed by atoms with Crippen molar-refractivity contribution < 1.29 is 13.2 Å². The van der Waals surface area contributed by atoms with Crippen molar-refractivity contribution in [3.63, 3.8) is 0 Å². The molecule has 132 valence electrons. The van der Waals surface area contributed by atoms with E-state index >= 15 is 0 Å². The van der Waals surface area contributed by atoms with Crippen LogP contribution in [0.5, 0.6) is 0 Å². The second kappa shape index (κ2) is 8.99. The lowest BCUT2D eigenvalue weighted by atomic mass is 10.1. The molecule has 0 saturated carbocycles. The molecule has 1 aliphatic heterocycles. The molecular formula is C18H26N2O3S. The van der Waals surface area contributed by atoms with E-state index in [4.69, 9.17) is 0 Å². The first kappa shape index (κ1) is 18.7. The highest BCUT2D eigenvalue weighted by Crippen LogP contribution is 2.20. The largest absolute Gasteiger partial charge is 0.352 e. The lowest BCUT2D eigenvalue weighted by Gasteiger charge is -2.20. The Morgan fingerprint density at radius 2 is 1.75 bits per heavy atom. The van der Waals surface area contributed by atoms with Crippen molar-refractivity contribution in [2.75, 3.05) is 19.6 Å². The Balaban J connectivity index is 1.96. The van der Waals surface area contributed by atoms with Gasteiger partial charge in [-0.15, -0.1) is 0 Å². The fraction of sp³-hybridized carbons (Fsp3) is 0.500. The van der Waals surface area contributed by atoms with Gasteiger partial charge in [-0.05, 0) is 50.0 Å². The third-order valence-corrected chi connectivity index (χ3v) is 6.07. The molecule has 0 radical (unpaired) electrons. The van der Waals surface area contributed by atoms with Gasteiger partial charge in [0.1, 0.15) is 0 Å². The summed E-state index contributed by atoms with van der Waals surface area (Å²) in [5.41, 5.74) is 1.01. The molecule has 1 saturated heterocycles. The first-order chi connectivity index (χ1) is 11.5. The predicted octanol–water partition coefficient (Wildman–Crippen LogP) is 2.49. The second-order valence-corrected chi connectivity index (χ2v) is 7.94. The van der Waals surface area contributed by atoms with Crippen LogP contribution in [-0.2, 0) is 21.2 Å². The highest BCUT2D eigenvalue weighted by molar-refractivity contribution is 7.89. The van der Waals surface area contributed by atoms with E-state index in [1.165, 1.54) is 6.08 Å². The van der Waals surface area contributed by atoms with Gasteiger partial charge in [-0.2, -0.15) is 4.31 Å². The zero-order chi connectivity index (χ0) is 17.4. The van der Waals surface area contributed by atoms with Crippen molar-refractivity contribution in [1.29, 1.82) is 0 Å². The van der Waals surface area contributed by atoms with Gasteiger partial charge in [0, 0.05) is 19.6 Å². The number of hydrogen-bond acceptors (Lipinski definition) is 3. The van der Waals surface area contributed by atoms with Crippen LogP contribution in [0.25, 0.3) is 0 Å². The van der Waals surface area contributed by atoms with Gasteiger partial charge in [0.25, 0.3) is 0 Å². The number of rotatable bonds is 6. The van der Waals surface area contributed by atoms with Gasteiger partial charge in [0.2, 0.25) is 15.9 Å². The van der Waals surface area contributed by atoms with Gasteiger partial charge in [-0.1, -0.05) is 31.1 Å². The Kier molecular flexibility index (Phi) is 6.99. The lowest BCUT2D eigenvalue weighted by Crippen LogP contribution is -2.31. The van der Waals surface area contributed by atoms with Crippen molar-refractivity contribution in [2.45, 2.75) is 43.9 Å². The molecule has 0 spiro atoms. The minimum Gasteiger partial charge on any atom is -0.352 e. The number of allylic oxidation sites excluding steroid dienone is 1. The molecular weight excluding hydrogens is 324 g/mol. The zero-order valence-corrected chi connectivity index (χ0v) is 15.0. The summed E-state index contributed by atoms with van der Waals surface area (Å²) in [5.74, 6) is -0.113. The third kappa shape index (κ3) is 5.18. The van der Waals surface area contributed by atoms with Crippen molar-refractivity contribution in [1.82, 2.24) is 9.62 Å². The van der Waals surface area contributed by atoms with Gasteiger partial charge in [-0.3, -0.25) is 4.79 Å². The van der Waals surface area contributed by atoms with E-state index in [2.05, 4.69) is 5.32 Å². The maximum absolute atomic E-state index is 12.7. The highest BCUT2D eigenvalue weighted by Gasteiger charge is 2.24. The predicted molar refractivity (Wildman–Crippen MR) is 95.2 cm³/mol. The molecule has 0 aliphatic carbocycles. The summed E-state index contributed by atoms with van der Waals surface area (Å²) in [6.45, 7) is 3.55. The summed E-state index contributed by atoms with van der Waals surface area (Å²) in [6, 6.07) is 6.99. The zero-order valence-electron chi connectivity index (χ0n) is 14.2. The topological polar surface area (TPSA) is 66.5 Å².